The van der Waals surface area contributed by atoms with Gasteiger partial charge in [0.25, 0.3) is 11.8 Å². The normalized spacial score (nSPS) is 11.7. The maximum absolute atomic E-state index is 12.8. The van der Waals surface area contributed by atoms with Crippen LogP contribution in [0.5, 0.6) is 0 Å². The average Bonchev–Trinajstić information content (AvgIpc) is 2.84. The van der Waals surface area contributed by atoms with Crippen LogP contribution in [-0.2, 0) is 0 Å². The first kappa shape index (κ1) is 12.5. The number of nitrogens with one attached hydrogen (secondary N) is 2. The van der Waals surface area contributed by atoms with Crippen molar-refractivity contribution in [3.63, 3.8) is 0 Å². The van der Waals surface area contributed by atoms with Gasteiger partial charge in [-0.15, -0.1) is 0 Å². The number of alkyl halides is 2. The first-order valence-electron chi connectivity index (χ1n) is 5.36. The molecule has 4 nitrogen and oxygen atoms in total. The van der Waals surface area contributed by atoms with Gasteiger partial charge in [0.1, 0.15) is 6.61 Å². The molecule has 0 bridgehead atoms. The summed E-state index contributed by atoms with van der Waals surface area (Å²) >= 11 is 0. The van der Waals surface area contributed by atoms with Gasteiger partial charge in [0.2, 0.25) is 0 Å². The van der Waals surface area contributed by atoms with E-state index in [1.807, 2.05) is 0 Å². The topological polar surface area (TPSA) is 65.1 Å². The Morgan fingerprint density at radius 3 is 2.89 bits per heavy atom. The maximum atomic E-state index is 12.8. The fourth-order valence-electron chi connectivity index (χ4n) is 1.64. The van der Waals surface area contributed by atoms with E-state index in [0.717, 1.165) is 5.52 Å². The van der Waals surface area contributed by atoms with E-state index in [1.54, 1.807) is 30.5 Å². The molecule has 2 rings (SSSR count). The third-order valence-electron chi connectivity index (χ3n) is 2.58. The minimum absolute atomic E-state index is 0.322. The predicted molar refractivity (Wildman–Crippen MR) is 62.7 cm³/mol. The average molecular weight is 254 g/mol. The third kappa shape index (κ3) is 2.48. The van der Waals surface area contributed by atoms with Crippen LogP contribution in [0.3, 0.4) is 0 Å². The quantitative estimate of drug-likeness (QED) is 0.774. The zero-order chi connectivity index (χ0) is 13.2. The molecule has 0 radical (unpaired) electrons. The Hall–Kier alpha value is -1.95. The van der Waals surface area contributed by atoms with Gasteiger partial charge in [-0.3, -0.25) is 4.79 Å². The molecule has 1 aromatic carbocycles. The SMILES string of the molecule is O=C(NCC(F)(F)CO)c1cccc2[nH]ccc12. The van der Waals surface area contributed by atoms with Crippen LogP contribution in [0.1, 0.15) is 10.4 Å². The number of aliphatic hydroxyl groups is 1. The number of aromatic amines is 1. The highest BCUT2D eigenvalue weighted by molar-refractivity contribution is 6.06. The van der Waals surface area contributed by atoms with Gasteiger partial charge in [-0.2, -0.15) is 0 Å². The Morgan fingerprint density at radius 1 is 1.39 bits per heavy atom. The van der Waals surface area contributed by atoms with Gasteiger partial charge in [-0.25, -0.2) is 8.78 Å². The van der Waals surface area contributed by atoms with Gasteiger partial charge >= 0.3 is 0 Å². The summed E-state index contributed by atoms with van der Waals surface area (Å²) in [7, 11) is 0. The number of H-pyrrole nitrogens is 1. The molecular formula is C12H12F2N2O2. The highest BCUT2D eigenvalue weighted by Gasteiger charge is 2.28. The Morgan fingerprint density at radius 2 is 2.17 bits per heavy atom. The van der Waals surface area contributed by atoms with Crippen molar-refractivity contribution < 1.29 is 18.7 Å². The summed E-state index contributed by atoms with van der Waals surface area (Å²) in [5.74, 6) is -3.89. The number of carbonyl (C=O) groups is 1. The van der Waals surface area contributed by atoms with E-state index in [2.05, 4.69) is 10.3 Å². The van der Waals surface area contributed by atoms with Crippen LogP contribution in [0.25, 0.3) is 10.9 Å². The van der Waals surface area contributed by atoms with E-state index in [1.165, 1.54) is 0 Å². The second-order valence-electron chi connectivity index (χ2n) is 3.94. The van der Waals surface area contributed by atoms with Crippen LogP contribution in [-0.4, -0.2) is 35.1 Å². The Kier molecular flexibility index (Phi) is 3.29. The van der Waals surface area contributed by atoms with E-state index in [9.17, 15) is 13.6 Å². The molecule has 6 heteroatoms. The van der Waals surface area contributed by atoms with Crippen molar-refractivity contribution in [2.45, 2.75) is 5.92 Å². The lowest BCUT2D eigenvalue weighted by Crippen LogP contribution is -2.39. The number of aliphatic hydroxyl groups excluding tert-OH is 1. The summed E-state index contributed by atoms with van der Waals surface area (Å²) in [6, 6.07) is 6.71. The van der Waals surface area contributed by atoms with Gasteiger partial charge < -0.3 is 15.4 Å². The largest absolute Gasteiger partial charge is 0.390 e. The van der Waals surface area contributed by atoms with Crippen molar-refractivity contribution in [1.82, 2.24) is 10.3 Å². The lowest BCUT2D eigenvalue weighted by molar-refractivity contribution is -0.0461. The minimum Gasteiger partial charge on any atom is -0.390 e. The van der Waals surface area contributed by atoms with Crippen molar-refractivity contribution in [3.05, 3.63) is 36.0 Å². The molecule has 1 aromatic heterocycles. The molecule has 0 unspecified atom stereocenters. The van der Waals surface area contributed by atoms with E-state index < -0.39 is 25.0 Å². The summed E-state index contributed by atoms with van der Waals surface area (Å²) in [6.07, 6.45) is 1.67. The number of aromatic nitrogens is 1. The molecule has 0 spiro atoms. The lowest BCUT2D eigenvalue weighted by Gasteiger charge is -2.14. The summed E-state index contributed by atoms with van der Waals surface area (Å²) in [5, 5.41) is 11.2. The van der Waals surface area contributed by atoms with Gasteiger partial charge in [-0.05, 0) is 18.2 Å². The van der Waals surface area contributed by atoms with Gasteiger partial charge in [0.15, 0.2) is 0 Å². The molecule has 0 aliphatic carbocycles. The molecule has 96 valence electrons. The third-order valence-corrected chi connectivity index (χ3v) is 2.58. The van der Waals surface area contributed by atoms with Gasteiger partial charge in [0.05, 0.1) is 6.54 Å². The number of hydrogen-bond donors (Lipinski definition) is 3. The number of hydrogen-bond acceptors (Lipinski definition) is 2. The standard InChI is InChI=1S/C12H12F2N2O2/c13-12(14,7-17)6-16-11(18)9-2-1-3-10-8(9)4-5-15-10/h1-5,15,17H,6-7H2,(H,16,18). The van der Waals surface area contributed by atoms with Crippen LogP contribution in [0.4, 0.5) is 8.78 Å². The van der Waals surface area contributed by atoms with Crippen LogP contribution >= 0.6 is 0 Å². The lowest BCUT2D eigenvalue weighted by atomic mass is 10.1. The van der Waals surface area contributed by atoms with Crippen LogP contribution in [0.15, 0.2) is 30.5 Å². The molecule has 1 heterocycles. The van der Waals surface area contributed by atoms with E-state index in [-0.39, 0.29) is 0 Å². The molecule has 0 fully saturated rings. The molecule has 1 amide bonds. The molecular weight excluding hydrogens is 242 g/mol. The molecule has 0 aliphatic heterocycles. The van der Waals surface area contributed by atoms with Crippen LogP contribution in [0, 0.1) is 0 Å². The molecule has 2 aromatic rings. The molecule has 3 N–H and O–H groups in total. The van der Waals surface area contributed by atoms with Crippen molar-refractivity contribution in [2.24, 2.45) is 0 Å². The molecule has 0 atom stereocenters. The second kappa shape index (κ2) is 4.73. The minimum atomic E-state index is -3.30. The monoisotopic (exact) mass is 254 g/mol. The van der Waals surface area contributed by atoms with Crippen molar-refractivity contribution in [2.75, 3.05) is 13.2 Å². The fraction of sp³-hybridized carbons (Fsp3) is 0.250. The highest BCUT2D eigenvalue weighted by atomic mass is 19.3. The van der Waals surface area contributed by atoms with Crippen molar-refractivity contribution in [1.29, 1.82) is 0 Å². The molecule has 0 saturated carbocycles. The van der Waals surface area contributed by atoms with E-state index in [0.29, 0.717) is 10.9 Å². The number of carbonyl (C=O) groups excluding carboxylic acids is 1. The van der Waals surface area contributed by atoms with Crippen LogP contribution in [0.2, 0.25) is 0 Å². The summed E-state index contributed by atoms with van der Waals surface area (Å²) in [5.41, 5.74) is 1.08. The van der Waals surface area contributed by atoms with Gasteiger partial charge in [-0.1, -0.05) is 6.07 Å². The zero-order valence-electron chi connectivity index (χ0n) is 9.41. The number of fused-ring (bicyclic) bond motifs is 1. The van der Waals surface area contributed by atoms with Crippen molar-refractivity contribution in [3.8, 4) is 0 Å². The van der Waals surface area contributed by atoms with E-state index >= 15 is 0 Å². The molecule has 0 saturated heterocycles. The van der Waals surface area contributed by atoms with Gasteiger partial charge in [0, 0.05) is 22.7 Å². The second-order valence-corrected chi connectivity index (χ2v) is 3.94. The Bertz CT molecular complexity index is 566. The number of halogens is 2. The summed E-state index contributed by atoms with van der Waals surface area (Å²) in [4.78, 5) is 14.7. The highest BCUT2D eigenvalue weighted by Crippen LogP contribution is 2.17. The summed E-state index contributed by atoms with van der Waals surface area (Å²) < 4.78 is 25.6. The number of rotatable bonds is 4. The van der Waals surface area contributed by atoms with E-state index in [4.69, 9.17) is 5.11 Å². The first-order chi connectivity index (χ1) is 8.53. The van der Waals surface area contributed by atoms with Crippen molar-refractivity contribution >= 4 is 16.8 Å². The van der Waals surface area contributed by atoms with Crippen LogP contribution < -0.4 is 5.32 Å². The molecule has 18 heavy (non-hydrogen) atoms. The predicted octanol–water partition coefficient (Wildman–Crippen LogP) is 1.53. The number of benzene rings is 1. The Labute approximate surface area is 102 Å². The fourth-order valence-corrected chi connectivity index (χ4v) is 1.64. The molecule has 0 aliphatic rings. The first-order valence-corrected chi connectivity index (χ1v) is 5.36. The summed E-state index contributed by atoms with van der Waals surface area (Å²) in [6.45, 7) is -2.18. The number of amides is 1. The maximum Gasteiger partial charge on any atom is 0.287 e. The Balaban J connectivity index is 2.17. The zero-order valence-corrected chi connectivity index (χ0v) is 9.41. The smallest absolute Gasteiger partial charge is 0.287 e.